The Hall–Kier alpha value is -2.46. The lowest BCUT2D eigenvalue weighted by molar-refractivity contribution is 0.102. The quantitative estimate of drug-likeness (QED) is 0.814. The predicted octanol–water partition coefficient (Wildman–Crippen LogP) is 4.17. The zero-order valence-electron chi connectivity index (χ0n) is 12.1. The highest BCUT2D eigenvalue weighted by atomic mass is 35.5. The van der Waals surface area contributed by atoms with Gasteiger partial charge in [0.2, 0.25) is 0 Å². The van der Waals surface area contributed by atoms with Gasteiger partial charge in [0.1, 0.15) is 18.1 Å². The number of carbonyl (C=O) groups excluding carboxylic acids is 1. The molecule has 2 aromatic rings. The van der Waals surface area contributed by atoms with Crippen LogP contribution in [0.3, 0.4) is 0 Å². The Morgan fingerprint density at radius 2 is 2.14 bits per heavy atom. The van der Waals surface area contributed by atoms with Gasteiger partial charge in [0.25, 0.3) is 5.91 Å². The molecule has 0 heterocycles. The van der Waals surface area contributed by atoms with Crippen molar-refractivity contribution in [3.63, 3.8) is 0 Å². The summed E-state index contributed by atoms with van der Waals surface area (Å²) < 4.78 is 10.6. The number of rotatable bonds is 6. The van der Waals surface area contributed by atoms with Gasteiger partial charge >= 0.3 is 0 Å². The Morgan fingerprint density at radius 1 is 1.32 bits per heavy atom. The van der Waals surface area contributed by atoms with Crippen molar-refractivity contribution in [2.75, 3.05) is 19.0 Å². The van der Waals surface area contributed by atoms with Crippen LogP contribution in [-0.2, 0) is 0 Å². The van der Waals surface area contributed by atoms with Crippen LogP contribution in [-0.4, -0.2) is 19.6 Å². The summed E-state index contributed by atoms with van der Waals surface area (Å²) in [4.78, 5) is 12.4. The normalized spacial score (nSPS) is 9.91. The van der Waals surface area contributed by atoms with Crippen LogP contribution in [0.15, 0.2) is 55.1 Å². The van der Waals surface area contributed by atoms with E-state index in [4.69, 9.17) is 21.1 Å². The molecule has 0 unspecified atom stereocenters. The average Bonchev–Trinajstić information content (AvgIpc) is 2.53. The third-order valence-electron chi connectivity index (χ3n) is 2.87. The van der Waals surface area contributed by atoms with Crippen molar-refractivity contribution in [2.24, 2.45) is 0 Å². The standard InChI is InChI=1S/C17H16ClNO3/c1-3-9-22-14-6-4-5-13(11-14)19-17(20)15-10-12(18)7-8-16(15)21-2/h3-8,10-11H,1,9H2,2H3,(H,19,20). The van der Waals surface area contributed by atoms with Crippen molar-refractivity contribution in [1.82, 2.24) is 0 Å². The molecule has 0 fully saturated rings. The first-order valence-electron chi connectivity index (χ1n) is 6.62. The minimum atomic E-state index is -0.305. The molecule has 5 heteroatoms. The highest BCUT2D eigenvalue weighted by molar-refractivity contribution is 6.31. The zero-order valence-corrected chi connectivity index (χ0v) is 12.9. The van der Waals surface area contributed by atoms with Crippen molar-refractivity contribution in [3.8, 4) is 11.5 Å². The number of nitrogens with one attached hydrogen (secondary N) is 1. The van der Waals surface area contributed by atoms with Gasteiger partial charge in [-0.15, -0.1) is 0 Å². The number of amides is 1. The Balaban J connectivity index is 2.18. The lowest BCUT2D eigenvalue weighted by atomic mass is 10.2. The van der Waals surface area contributed by atoms with Crippen molar-refractivity contribution < 1.29 is 14.3 Å². The van der Waals surface area contributed by atoms with E-state index in [-0.39, 0.29) is 5.91 Å². The van der Waals surface area contributed by atoms with E-state index in [0.29, 0.717) is 34.4 Å². The molecule has 0 aromatic heterocycles. The fourth-order valence-corrected chi connectivity index (χ4v) is 2.05. The lowest BCUT2D eigenvalue weighted by Crippen LogP contribution is -2.13. The largest absolute Gasteiger partial charge is 0.496 e. The van der Waals surface area contributed by atoms with E-state index in [1.165, 1.54) is 7.11 Å². The summed E-state index contributed by atoms with van der Waals surface area (Å²) in [6.07, 6.45) is 1.65. The summed E-state index contributed by atoms with van der Waals surface area (Å²) in [5.41, 5.74) is 0.987. The molecule has 0 aliphatic heterocycles. The van der Waals surface area contributed by atoms with Gasteiger partial charge in [-0.25, -0.2) is 0 Å². The fourth-order valence-electron chi connectivity index (χ4n) is 1.87. The van der Waals surface area contributed by atoms with Gasteiger partial charge in [0.05, 0.1) is 12.7 Å². The molecule has 1 amide bonds. The molecule has 1 N–H and O–H groups in total. The molecule has 114 valence electrons. The third-order valence-corrected chi connectivity index (χ3v) is 3.10. The summed E-state index contributed by atoms with van der Waals surface area (Å²) in [7, 11) is 1.50. The smallest absolute Gasteiger partial charge is 0.259 e. The van der Waals surface area contributed by atoms with Crippen LogP contribution in [0.25, 0.3) is 0 Å². The molecule has 0 aliphatic carbocycles. The van der Waals surface area contributed by atoms with E-state index < -0.39 is 0 Å². The Labute approximate surface area is 134 Å². The number of carbonyl (C=O) groups is 1. The van der Waals surface area contributed by atoms with Gasteiger partial charge in [0.15, 0.2) is 0 Å². The Morgan fingerprint density at radius 3 is 2.86 bits per heavy atom. The predicted molar refractivity (Wildman–Crippen MR) is 88.1 cm³/mol. The zero-order chi connectivity index (χ0) is 15.9. The summed E-state index contributed by atoms with van der Waals surface area (Å²) in [6, 6.07) is 12.0. The fraction of sp³-hybridized carbons (Fsp3) is 0.118. The van der Waals surface area contributed by atoms with E-state index in [1.807, 2.05) is 0 Å². The van der Waals surface area contributed by atoms with Gasteiger partial charge in [-0.2, -0.15) is 0 Å². The van der Waals surface area contributed by atoms with E-state index >= 15 is 0 Å². The van der Waals surface area contributed by atoms with Crippen LogP contribution in [0.2, 0.25) is 5.02 Å². The van der Waals surface area contributed by atoms with Crippen molar-refractivity contribution in [3.05, 3.63) is 65.7 Å². The van der Waals surface area contributed by atoms with Gasteiger partial charge in [-0.1, -0.05) is 30.3 Å². The number of benzene rings is 2. The maximum absolute atomic E-state index is 12.4. The summed E-state index contributed by atoms with van der Waals surface area (Å²) in [5, 5.41) is 3.26. The maximum atomic E-state index is 12.4. The van der Waals surface area contributed by atoms with Crippen LogP contribution in [0, 0.1) is 0 Å². The van der Waals surface area contributed by atoms with Crippen LogP contribution >= 0.6 is 11.6 Å². The second kappa shape index (κ2) is 7.52. The van der Waals surface area contributed by atoms with Gasteiger partial charge < -0.3 is 14.8 Å². The molecule has 22 heavy (non-hydrogen) atoms. The summed E-state index contributed by atoms with van der Waals surface area (Å²) in [5.74, 6) is 0.803. The number of hydrogen-bond donors (Lipinski definition) is 1. The molecule has 2 aromatic carbocycles. The first kappa shape index (κ1) is 15.9. The lowest BCUT2D eigenvalue weighted by Gasteiger charge is -2.11. The highest BCUT2D eigenvalue weighted by Gasteiger charge is 2.13. The molecular weight excluding hydrogens is 302 g/mol. The molecule has 0 atom stereocenters. The topological polar surface area (TPSA) is 47.6 Å². The molecule has 0 radical (unpaired) electrons. The number of anilines is 1. The molecule has 0 saturated carbocycles. The van der Waals surface area contributed by atoms with Crippen LogP contribution in [0.5, 0.6) is 11.5 Å². The minimum Gasteiger partial charge on any atom is -0.496 e. The summed E-state index contributed by atoms with van der Waals surface area (Å²) >= 11 is 5.94. The third kappa shape index (κ3) is 4.02. The molecule has 2 rings (SSSR count). The van der Waals surface area contributed by atoms with E-state index in [0.717, 1.165) is 0 Å². The molecule has 4 nitrogen and oxygen atoms in total. The van der Waals surface area contributed by atoms with Crippen LogP contribution < -0.4 is 14.8 Å². The Kier molecular flexibility index (Phi) is 5.44. The van der Waals surface area contributed by atoms with E-state index in [9.17, 15) is 4.79 Å². The SMILES string of the molecule is C=CCOc1cccc(NC(=O)c2cc(Cl)ccc2OC)c1. The molecule has 0 aliphatic rings. The average molecular weight is 318 g/mol. The Bertz CT molecular complexity index is 685. The monoisotopic (exact) mass is 317 g/mol. The second-order valence-corrected chi connectivity index (χ2v) is 4.86. The van der Waals surface area contributed by atoms with Gasteiger partial charge in [-0.05, 0) is 30.3 Å². The molecule has 0 bridgehead atoms. The highest BCUT2D eigenvalue weighted by Crippen LogP contribution is 2.24. The first-order chi connectivity index (χ1) is 10.6. The molecular formula is C17H16ClNO3. The molecule has 0 saturated heterocycles. The number of hydrogen-bond acceptors (Lipinski definition) is 3. The minimum absolute atomic E-state index is 0.305. The first-order valence-corrected chi connectivity index (χ1v) is 7.00. The molecule has 0 spiro atoms. The van der Waals surface area contributed by atoms with Crippen LogP contribution in [0.4, 0.5) is 5.69 Å². The van der Waals surface area contributed by atoms with Crippen molar-refractivity contribution in [1.29, 1.82) is 0 Å². The second-order valence-electron chi connectivity index (χ2n) is 4.43. The van der Waals surface area contributed by atoms with E-state index in [1.54, 1.807) is 48.5 Å². The van der Waals surface area contributed by atoms with Crippen molar-refractivity contribution >= 4 is 23.2 Å². The van der Waals surface area contributed by atoms with Crippen molar-refractivity contribution in [2.45, 2.75) is 0 Å². The van der Waals surface area contributed by atoms with Crippen LogP contribution in [0.1, 0.15) is 10.4 Å². The number of methoxy groups -OCH3 is 1. The van der Waals surface area contributed by atoms with Gasteiger partial charge in [0, 0.05) is 16.8 Å². The van der Waals surface area contributed by atoms with Gasteiger partial charge in [-0.3, -0.25) is 4.79 Å². The maximum Gasteiger partial charge on any atom is 0.259 e. The number of ether oxygens (including phenoxy) is 2. The number of halogens is 1. The van der Waals surface area contributed by atoms with E-state index in [2.05, 4.69) is 11.9 Å². The summed E-state index contributed by atoms with van der Waals surface area (Å²) in [6.45, 7) is 3.99.